The van der Waals surface area contributed by atoms with E-state index in [2.05, 4.69) is 5.32 Å². The predicted octanol–water partition coefficient (Wildman–Crippen LogP) is 4.31. The Morgan fingerprint density at radius 1 is 1.13 bits per heavy atom. The summed E-state index contributed by atoms with van der Waals surface area (Å²) in [6, 6.07) is 7.89. The number of carbonyl (C=O) groups is 2. The van der Waals surface area contributed by atoms with E-state index in [0.29, 0.717) is 10.4 Å². The van der Waals surface area contributed by atoms with Gasteiger partial charge in [-0.25, -0.2) is 12.7 Å². The summed E-state index contributed by atoms with van der Waals surface area (Å²) in [5, 5.41) is 2.04. The fourth-order valence-corrected chi connectivity index (χ4v) is 5.34. The first kappa shape index (κ1) is 22.1. The van der Waals surface area contributed by atoms with Crippen LogP contribution >= 0.6 is 11.6 Å². The van der Waals surface area contributed by atoms with Crippen molar-refractivity contribution in [2.45, 2.75) is 20.0 Å². The minimum atomic E-state index is -4.73. The second kappa shape index (κ2) is 7.28. The van der Waals surface area contributed by atoms with E-state index < -0.39 is 44.7 Å². The molecule has 0 radical (unpaired) electrons. The molecule has 2 amide bonds. The van der Waals surface area contributed by atoms with Crippen LogP contribution in [0.1, 0.15) is 29.8 Å². The fourth-order valence-electron chi connectivity index (χ4n) is 3.06. The molecule has 11 heteroatoms. The van der Waals surface area contributed by atoms with Crippen molar-refractivity contribution in [1.82, 2.24) is 0 Å². The monoisotopic (exact) mass is 460 g/mol. The highest BCUT2D eigenvalue weighted by Crippen LogP contribution is 2.37. The lowest BCUT2D eigenvalue weighted by atomic mass is 9.95. The van der Waals surface area contributed by atoms with Crippen molar-refractivity contribution >= 4 is 44.8 Å². The Bertz CT molecular complexity index is 1130. The van der Waals surface area contributed by atoms with E-state index >= 15 is 0 Å². The zero-order valence-corrected chi connectivity index (χ0v) is 17.3. The molecule has 6 nitrogen and oxygen atoms in total. The standard InChI is InChI=1S/C19H16ClF3N2O4S/c1-18(2)10-30(28,29)25(17(18)27)13-6-3-11(4-7-13)16(26)24-15-8-5-12(20)9-14(15)19(21,22)23/h3-9H,10H2,1-2H3,(H,24,26). The van der Waals surface area contributed by atoms with Gasteiger partial charge in [0.1, 0.15) is 0 Å². The molecule has 1 saturated heterocycles. The molecule has 2 aromatic rings. The number of nitrogens with zero attached hydrogens (tertiary/aromatic N) is 1. The minimum Gasteiger partial charge on any atom is -0.321 e. The summed E-state index contributed by atoms with van der Waals surface area (Å²) >= 11 is 5.62. The fraction of sp³-hybridized carbons (Fsp3) is 0.263. The molecule has 1 aliphatic heterocycles. The van der Waals surface area contributed by atoms with Crippen LogP contribution in [0.4, 0.5) is 24.5 Å². The normalized spacial score (nSPS) is 17.8. The Morgan fingerprint density at radius 2 is 1.73 bits per heavy atom. The number of halogens is 4. The number of nitrogens with one attached hydrogen (secondary N) is 1. The molecule has 30 heavy (non-hydrogen) atoms. The van der Waals surface area contributed by atoms with Gasteiger partial charge in [0.05, 0.1) is 28.1 Å². The van der Waals surface area contributed by atoms with Crippen molar-refractivity contribution in [2.75, 3.05) is 15.4 Å². The third-order valence-electron chi connectivity index (χ3n) is 4.48. The van der Waals surface area contributed by atoms with Crippen LogP contribution in [0.25, 0.3) is 0 Å². The van der Waals surface area contributed by atoms with Gasteiger partial charge in [-0.2, -0.15) is 13.2 Å². The molecule has 160 valence electrons. The summed E-state index contributed by atoms with van der Waals surface area (Å²) in [5.74, 6) is -1.79. The van der Waals surface area contributed by atoms with Crippen LogP contribution in [0.5, 0.6) is 0 Å². The summed E-state index contributed by atoms with van der Waals surface area (Å²) in [6.07, 6.45) is -4.73. The number of anilines is 2. The molecule has 0 bridgehead atoms. The highest BCUT2D eigenvalue weighted by Gasteiger charge is 2.49. The van der Waals surface area contributed by atoms with Crippen LogP contribution in [-0.2, 0) is 21.0 Å². The Hall–Kier alpha value is -2.59. The van der Waals surface area contributed by atoms with Gasteiger partial charge in [0.15, 0.2) is 0 Å². The first-order valence-electron chi connectivity index (χ1n) is 8.58. The van der Waals surface area contributed by atoms with Crippen molar-refractivity contribution < 1.29 is 31.2 Å². The maximum absolute atomic E-state index is 13.2. The van der Waals surface area contributed by atoms with E-state index in [-0.39, 0.29) is 22.0 Å². The molecule has 3 rings (SSSR count). The van der Waals surface area contributed by atoms with Crippen molar-refractivity contribution in [2.24, 2.45) is 5.41 Å². The summed E-state index contributed by atoms with van der Waals surface area (Å²) in [7, 11) is -3.86. The Kier molecular flexibility index (Phi) is 5.36. The molecule has 1 aliphatic rings. The number of hydrogen-bond acceptors (Lipinski definition) is 4. The quantitative estimate of drug-likeness (QED) is 0.739. The first-order valence-corrected chi connectivity index (χ1v) is 10.6. The number of hydrogen-bond donors (Lipinski definition) is 1. The third-order valence-corrected chi connectivity index (χ3v) is 6.74. The maximum Gasteiger partial charge on any atom is 0.418 e. The molecule has 0 aromatic heterocycles. The molecule has 1 fully saturated rings. The molecular weight excluding hydrogens is 445 g/mol. The van der Waals surface area contributed by atoms with Crippen LogP contribution < -0.4 is 9.62 Å². The molecule has 1 N–H and O–H groups in total. The molecule has 0 aliphatic carbocycles. The van der Waals surface area contributed by atoms with Gasteiger partial charge in [-0.3, -0.25) is 9.59 Å². The average molecular weight is 461 g/mol. The first-order chi connectivity index (χ1) is 13.7. The van der Waals surface area contributed by atoms with Gasteiger partial charge in [-0.1, -0.05) is 11.6 Å². The predicted molar refractivity (Wildman–Crippen MR) is 106 cm³/mol. The van der Waals surface area contributed by atoms with Gasteiger partial charge in [0.2, 0.25) is 15.9 Å². The lowest BCUT2D eigenvalue weighted by molar-refractivity contribution is -0.137. The highest BCUT2D eigenvalue weighted by molar-refractivity contribution is 7.94. The third kappa shape index (κ3) is 4.15. The van der Waals surface area contributed by atoms with Gasteiger partial charge in [-0.15, -0.1) is 0 Å². The topological polar surface area (TPSA) is 83.6 Å². The minimum absolute atomic E-state index is 0.0230. The maximum atomic E-state index is 13.2. The molecule has 0 atom stereocenters. The van der Waals surface area contributed by atoms with E-state index in [9.17, 15) is 31.2 Å². The summed E-state index contributed by atoms with van der Waals surface area (Å²) in [5.41, 5.74) is -2.64. The zero-order chi connectivity index (χ0) is 22.5. The van der Waals surface area contributed by atoms with E-state index in [4.69, 9.17) is 11.6 Å². The Morgan fingerprint density at radius 3 is 2.23 bits per heavy atom. The van der Waals surface area contributed by atoms with E-state index in [1.54, 1.807) is 0 Å². The van der Waals surface area contributed by atoms with E-state index in [1.165, 1.54) is 44.2 Å². The van der Waals surface area contributed by atoms with Crippen LogP contribution in [0, 0.1) is 5.41 Å². The van der Waals surface area contributed by atoms with Crippen molar-refractivity contribution in [3.63, 3.8) is 0 Å². The van der Waals surface area contributed by atoms with Crippen LogP contribution in [0.2, 0.25) is 5.02 Å². The number of benzene rings is 2. The second-order valence-corrected chi connectivity index (χ2v) is 9.65. The van der Waals surface area contributed by atoms with Gasteiger partial charge in [0, 0.05) is 10.6 Å². The molecular formula is C19H16ClF3N2O4S. The molecule has 0 unspecified atom stereocenters. The molecule has 0 spiro atoms. The van der Waals surface area contributed by atoms with Gasteiger partial charge < -0.3 is 5.32 Å². The number of carbonyl (C=O) groups excluding carboxylic acids is 2. The Balaban J connectivity index is 1.86. The molecule has 2 aromatic carbocycles. The highest BCUT2D eigenvalue weighted by atomic mass is 35.5. The van der Waals surface area contributed by atoms with Crippen LogP contribution in [-0.4, -0.2) is 26.0 Å². The number of sulfonamides is 1. The summed E-state index contributed by atoms with van der Waals surface area (Å²) in [6.45, 7) is 3.03. The average Bonchev–Trinajstić information content (AvgIpc) is 2.78. The molecule has 1 heterocycles. The summed E-state index contributed by atoms with van der Waals surface area (Å²) < 4.78 is 64.8. The smallest absolute Gasteiger partial charge is 0.321 e. The number of alkyl halides is 3. The van der Waals surface area contributed by atoms with E-state index in [0.717, 1.165) is 6.07 Å². The van der Waals surface area contributed by atoms with Gasteiger partial charge in [-0.05, 0) is 56.3 Å². The zero-order valence-electron chi connectivity index (χ0n) is 15.7. The van der Waals surface area contributed by atoms with Crippen molar-refractivity contribution in [1.29, 1.82) is 0 Å². The van der Waals surface area contributed by atoms with E-state index in [1.807, 2.05) is 0 Å². The van der Waals surface area contributed by atoms with Crippen LogP contribution in [0.15, 0.2) is 42.5 Å². The van der Waals surface area contributed by atoms with Gasteiger partial charge in [0.25, 0.3) is 5.91 Å². The second-order valence-electron chi connectivity index (χ2n) is 7.40. The largest absolute Gasteiger partial charge is 0.418 e. The Labute approximate surface area is 175 Å². The van der Waals surface area contributed by atoms with Crippen LogP contribution in [0.3, 0.4) is 0 Å². The number of amides is 2. The SMILES string of the molecule is CC1(C)CS(=O)(=O)N(c2ccc(C(=O)Nc3ccc(Cl)cc3C(F)(F)F)cc2)C1=O. The number of rotatable bonds is 3. The van der Waals surface area contributed by atoms with Crippen molar-refractivity contribution in [3.05, 3.63) is 58.6 Å². The van der Waals surface area contributed by atoms with Crippen molar-refractivity contribution in [3.8, 4) is 0 Å². The van der Waals surface area contributed by atoms with Gasteiger partial charge >= 0.3 is 6.18 Å². The molecule has 0 saturated carbocycles. The lowest BCUT2D eigenvalue weighted by Gasteiger charge is -2.18. The summed E-state index contributed by atoms with van der Waals surface area (Å²) in [4.78, 5) is 24.8. The lowest BCUT2D eigenvalue weighted by Crippen LogP contribution is -2.32.